The average molecular weight is 1100 g/mol. The number of nitrogens with one attached hydrogen (secondary N) is 2. The third-order valence-corrected chi connectivity index (χ3v) is 13.6. The van der Waals surface area contributed by atoms with Gasteiger partial charge in [0, 0.05) is 80.4 Å². The lowest BCUT2D eigenvalue weighted by atomic mass is 10.0. The van der Waals surface area contributed by atoms with Crippen molar-refractivity contribution in [2.45, 2.75) is 35.9 Å². The van der Waals surface area contributed by atoms with Gasteiger partial charge in [-0.25, -0.2) is 18.7 Å². The average Bonchev–Trinajstić information content (AvgIpc) is 3.99. The van der Waals surface area contributed by atoms with E-state index in [0.29, 0.717) is 35.7 Å². The van der Waals surface area contributed by atoms with Crippen molar-refractivity contribution in [2.75, 3.05) is 36.2 Å². The van der Waals surface area contributed by atoms with Crippen LogP contribution in [-0.4, -0.2) is 151 Å². The number of aromatic nitrogens is 6. The van der Waals surface area contributed by atoms with Crippen LogP contribution in [0.4, 0.5) is 10.3 Å². The number of nitrogens with two attached hydrogens (primary N) is 2. The number of nitrogen functional groups attached to an aromatic ring is 2. The highest BCUT2D eigenvalue weighted by molar-refractivity contribution is 8.00. The van der Waals surface area contributed by atoms with E-state index in [1.54, 1.807) is 0 Å². The number of carbonyl (C=O) groups is 6. The summed E-state index contributed by atoms with van der Waals surface area (Å²) in [4.78, 5) is 96.1. The Kier molecular flexibility index (Phi) is 18.4. The van der Waals surface area contributed by atoms with Crippen molar-refractivity contribution in [2.24, 2.45) is 10.3 Å². The van der Waals surface area contributed by atoms with Crippen LogP contribution in [0.1, 0.15) is 11.6 Å². The van der Waals surface area contributed by atoms with Gasteiger partial charge in [-0.3, -0.25) is 37.4 Å². The summed E-state index contributed by atoms with van der Waals surface area (Å²) in [7, 11) is -5.17. The third-order valence-electron chi connectivity index (χ3n) is 9.81. The highest BCUT2D eigenvalue weighted by Gasteiger charge is 2.56. The number of anilines is 2. The van der Waals surface area contributed by atoms with Crippen LogP contribution in [-0.2, 0) is 61.9 Å². The van der Waals surface area contributed by atoms with Gasteiger partial charge >= 0.3 is 11.9 Å². The zero-order valence-electron chi connectivity index (χ0n) is 37.4. The molecule has 2 unspecified atom stereocenters. The number of hydrogen-bond donors (Lipinski definition) is 6. The number of amides is 4. The van der Waals surface area contributed by atoms with Crippen LogP contribution in [0, 0.1) is 0 Å². The first kappa shape index (κ1) is 54.6. The van der Waals surface area contributed by atoms with E-state index in [2.05, 4.69) is 52.8 Å². The summed E-state index contributed by atoms with van der Waals surface area (Å²) in [6, 6.07) is 9.17. The lowest BCUT2D eigenvalue weighted by Gasteiger charge is -2.49. The molecule has 384 valence electrons. The fraction of sp³-hybridized carbons (Fsp3) is 0.250. The minimum absolute atomic E-state index is 0.0416. The number of rotatable bonds is 18. The number of carboxylic acid groups (broad SMARTS) is 2. The molecule has 28 nitrogen and oxygen atoms in total. The fourth-order valence-corrected chi connectivity index (χ4v) is 10.4. The Bertz CT molecular complexity index is 2830. The van der Waals surface area contributed by atoms with E-state index < -0.39 is 68.8 Å². The molecule has 4 amide bonds. The number of carbonyl (C=O) groups excluding carboxylic acids is 4. The summed E-state index contributed by atoms with van der Waals surface area (Å²) in [5, 5.41) is 31.5. The molecule has 0 radical (unpaired) electrons. The van der Waals surface area contributed by atoms with Crippen LogP contribution in [0.3, 0.4) is 0 Å². The van der Waals surface area contributed by atoms with Crippen LogP contribution >= 0.6 is 46.6 Å². The van der Waals surface area contributed by atoms with Crippen molar-refractivity contribution in [1.82, 2.24) is 39.1 Å². The molecule has 8 heterocycles. The normalized spacial score (nSPS) is 19.3. The molecule has 0 aliphatic carbocycles. The van der Waals surface area contributed by atoms with Gasteiger partial charge in [-0.1, -0.05) is 47.8 Å². The van der Waals surface area contributed by atoms with E-state index in [4.69, 9.17) is 38.7 Å². The molecule has 4 atom stereocenters. The maximum absolute atomic E-state index is 12.9. The van der Waals surface area contributed by atoms with Gasteiger partial charge in [0.05, 0.1) is 0 Å². The number of aliphatic carboxylic acids is 2. The summed E-state index contributed by atoms with van der Waals surface area (Å²) in [5.41, 5.74) is 11.8. The molecule has 73 heavy (non-hydrogen) atoms. The molecule has 2 saturated heterocycles. The van der Waals surface area contributed by atoms with Gasteiger partial charge < -0.3 is 51.1 Å². The number of thioether (sulfide) groups is 2. The minimum Gasteiger partial charge on any atom is -0.759 e. The summed E-state index contributed by atoms with van der Waals surface area (Å²) < 4.78 is 45.7. The number of oxime groups is 2. The van der Waals surface area contributed by atoms with Crippen molar-refractivity contribution < 1.29 is 75.3 Å². The van der Waals surface area contributed by atoms with Gasteiger partial charge in [-0.05, 0) is 0 Å². The van der Waals surface area contributed by atoms with Crippen molar-refractivity contribution in [3.05, 3.63) is 121 Å². The van der Waals surface area contributed by atoms with Gasteiger partial charge in [0.1, 0.15) is 47.4 Å². The third kappa shape index (κ3) is 13.8. The van der Waals surface area contributed by atoms with Crippen molar-refractivity contribution in [3.63, 3.8) is 0 Å². The molecule has 0 spiro atoms. The highest BCUT2D eigenvalue weighted by atomic mass is 32.3. The molecule has 8 rings (SSSR count). The van der Waals surface area contributed by atoms with E-state index >= 15 is 0 Å². The minimum atomic E-state index is -5.17. The first-order valence-corrected chi connectivity index (χ1v) is 25.6. The second-order valence-electron chi connectivity index (χ2n) is 14.7. The maximum atomic E-state index is 12.9. The summed E-state index contributed by atoms with van der Waals surface area (Å²) in [6.45, 7) is 7.76. The number of hydrogen-bond acceptors (Lipinski definition) is 24. The molecular weight excluding hydrogens is 1060 g/mol. The van der Waals surface area contributed by atoms with E-state index in [1.165, 1.54) is 45.5 Å². The van der Waals surface area contributed by atoms with Crippen LogP contribution < -0.4 is 31.2 Å². The summed E-state index contributed by atoms with van der Waals surface area (Å²) >= 11 is 4.50. The first-order chi connectivity index (χ1) is 34.8. The summed E-state index contributed by atoms with van der Waals surface area (Å²) in [5.74, 6) is -4.26. The first-order valence-electron chi connectivity index (χ1n) is 20.6. The van der Waals surface area contributed by atoms with Gasteiger partial charge in [0.15, 0.2) is 48.1 Å². The Morgan fingerprint density at radius 2 is 1.08 bits per heavy atom. The topological polar surface area (TPSA) is 408 Å². The van der Waals surface area contributed by atoms with E-state index in [0.717, 1.165) is 23.1 Å². The number of fused-ring (bicyclic) bond motifs is 2. The number of carboxylic acids is 2. The quantitative estimate of drug-likeness (QED) is 0.00932. The van der Waals surface area contributed by atoms with E-state index in [-0.39, 0.29) is 57.9 Å². The Labute approximate surface area is 429 Å². The monoisotopic (exact) mass is 1100 g/mol. The second kappa shape index (κ2) is 24.6. The predicted molar refractivity (Wildman–Crippen MR) is 257 cm³/mol. The van der Waals surface area contributed by atoms with Crippen molar-refractivity contribution in [1.29, 1.82) is 0 Å². The van der Waals surface area contributed by atoms with Gasteiger partial charge in [0.25, 0.3) is 23.6 Å². The molecule has 4 aromatic heterocycles. The molecule has 0 aromatic carbocycles. The number of β-lactam (4-membered cyclic amide) rings is 2. The summed E-state index contributed by atoms with van der Waals surface area (Å²) in [6.07, 6.45) is 10.2. The van der Waals surface area contributed by atoms with Crippen LogP contribution in [0.5, 0.6) is 0 Å². The molecule has 0 bridgehead atoms. The zero-order chi connectivity index (χ0) is 53.0. The van der Waals surface area contributed by atoms with Crippen LogP contribution in [0.25, 0.3) is 0 Å². The van der Waals surface area contributed by atoms with Crippen LogP contribution in [0.15, 0.2) is 119 Å². The molecule has 8 N–H and O–H groups in total. The molecule has 2 fully saturated rings. The lowest BCUT2D eigenvalue weighted by molar-refractivity contribution is -0.689. The Morgan fingerprint density at radius 3 is 1.38 bits per heavy atom. The lowest BCUT2D eigenvalue weighted by Crippen LogP contribution is -2.71. The SMILES string of the molecule is C=CCON=C(C(=O)NC1C(=O)N2C(C(=O)O)=C(C[n+]3ccccc3)CS[C@H]12)c1nsc(N)n1.C=CCON=C(C(=O)NC1C(=O)N2C(C(=O)O)=C(C[n+]3ccccc3)CS[C@H]12)c1nsc(N)n1.O=S(=O)([O-])[O-]. The second-order valence-corrected chi connectivity index (χ2v) is 19.3. The molecule has 4 aliphatic rings. The van der Waals surface area contributed by atoms with Gasteiger partial charge in [-0.15, -0.1) is 23.5 Å². The number of pyridine rings is 2. The van der Waals surface area contributed by atoms with E-state index in [1.807, 2.05) is 70.3 Å². The standard InChI is InChI=1S/2C20H19N7O5S2.H2O4S/c2*1-2-8-32-24-12(15-23-20(21)34-25-15)16(28)22-13-17(29)27-14(19(30)31)11(10-33-18(13)27)9-26-6-4-3-5-7-26;1-5(2,3)4/h2*2-7,13,18H,1,8-10H2,(H3-,21,22,23,25,28,30,31);(H2,1,2,3,4)/t2*13?,18-;/m11./s1. The van der Waals surface area contributed by atoms with E-state index in [9.17, 15) is 39.0 Å². The van der Waals surface area contributed by atoms with Crippen molar-refractivity contribution in [3.8, 4) is 0 Å². The molecule has 4 aromatic rings. The molecule has 4 aliphatic heterocycles. The molecule has 0 saturated carbocycles. The van der Waals surface area contributed by atoms with Gasteiger partial charge in [0.2, 0.25) is 23.1 Å². The molecule has 33 heteroatoms. The highest BCUT2D eigenvalue weighted by Crippen LogP contribution is 2.41. The zero-order valence-corrected chi connectivity index (χ0v) is 41.4. The maximum Gasteiger partial charge on any atom is 0.352 e. The Hall–Kier alpha value is -7.69. The van der Waals surface area contributed by atoms with Gasteiger partial charge in [-0.2, -0.15) is 18.7 Å². The fourth-order valence-electron chi connectivity index (χ4n) is 6.89. The number of nitrogens with zero attached hydrogens (tertiary/aromatic N) is 10. The van der Waals surface area contributed by atoms with Crippen LogP contribution in [0.2, 0.25) is 0 Å². The Morgan fingerprint density at radius 1 is 0.726 bits per heavy atom. The van der Waals surface area contributed by atoms with Crippen molar-refractivity contribution >= 4 is 114 Å². The smallest absolute Gasteiger partial charge is 0.352 e. The molecular formula is C40H40N14O14S5. The Balaban J connectivity index is 0.000000218. The largest absolute Gasteiger partial charge is 0.759 e. The predicted octanol–water partition coefficient (Wildman–Crippen LogP) is -1.83.